The van der Waals surface area contributed by atoms with Crippen LogP contribution in [-0.4, -0.2) is 31.5 Å². The molecule has 2 atom stereocenters. The molecule has 0 aliphatic carbocycles. The minimum absolute atomic E-state index is 0.0357. The fraction of sp³-hybridized carbons (Fsp3) is 0.294. The fourth-order valence-corrected chi connectivity index (χ4v) is 3.12. The van der Waals surface area contributed by atoms with E-state index in [4.69, 9.17) is 0 Å². The average Bonchev–Trinajstić information content (AvgIpc) is 3.02. The molecule has 7 heteroatoms. The average molecular weight is 322 g/mol. The smallest absolute Gasteiger partial charge is 0.220 e. The number of aromatic nitrogens is 4. The standard InChI is InChI=1S/C17H18N6O/c1-23-10-18-8-14(23)17-13(6-7-16(24)22-17)21-15-9-19-11-4-2-3-5-12(11)20-15/h2-5,8-10,13,17H,6-7H2,1H3,(H,20,21)(H,22,24)/t13-,17-/m1/s1. The van der Waals surface area contributed by atoms with E-state index in [2.05, 4.69) is 25.6 Å². The van der Waals surface area contributed by atoms with Gasteiger partial charge < -0.3 is 15.2 Å². The van der Waals surface area contributed by atoms with Crippen LogP contribution in [0.15, 0.2) is 43.0 Å². The Kier molecular flexibility index (Phi) is 3.60. The first-order valence-corrected chi connectivity index (χ1v) is 7.94. The van der Waals surface area contributed by atoms with Crippen LogP contribution in [0.1, 0.15) is 24.6 Å². The summed E-state index contributed by atoms with van der Waals surface area (Å²) >= 11 is 0. The molecule has 1 fully saturated rings. The Morgan fingerprint density at radius 3 is 2.88 bits per heavy atom. The Labute approximate surface area is 139 Å². The summed E-state index contributed by atoms with van der Waals surface area (Å²) in [6.45, 7) is 0. The van der Waals surface area contributed by atoms with Crippen molar-refractivity contribution in [1.29, 1.82) is 0 Å². The number of aryl methyl sites for hydroxylation is 1. The van der Waals surface area contributed by atoms with Crippen LogP contribution in [0, 0.1) is 0 Å². The highest BCUT2D eigenvalue weighted by molar-refractivity contribution is 5.78. The van der Waals surface area contributed by atoms with Crippen LogP contribution in [0.4, 0.5) is 5.82 Å². The minimum atomic E-state index is -0.146. The van der Waals surface area contributed by atoms with E-state index >= 15 is 0 Å². The molecule has 1 saturated heterocycles. The number of hydrogen-bond acceptors (Lipinski definition) is 5. The van der Waals surface area contributed by atoms with Gasteiger partial charge in [-0.15, -0.1) is 0 Å². The number of fused-ring (bicyclic) bond motifs is 1. The maximum atomic E-state index is 11.9. The highest BCUT2D eigenvalue weighted by Crippen LogP contribution is 2.26. The lowest BCUT2D eigenvalue weighted by molar-refractivity contribution is -0.123. The Bertz CT molecular complexity index is 889. The number of hydrogen-bond donors (Lipinski definition) is 2. The molecule has 3 aromatic rings. The first-order valence-electron chi connectivity index (χ1n) is 7.94. The third-order valence-corrected chi connectivity index (χ3v) is 4.36. The SMILES string of the molecule is Cn1cncc1[C@@H]1NC(=O)CC[C@H]1Nc1cnc2ccccc2n1. The van der Waals surface area contributed by atoms with Gasteiger partial charge in [0.05, 0.1) is 47.5 Å². The number of amides is 1. The predicted molar refractivity (Wildman–Crippen MR) is 90.3 cm³/mol. The van der Waals surface area contributed by atoms with Crippen molar-refractivity contribution in [3.63, 3.8) is 0 Å². The van der Waals surface area contributed by atoms with Crippen molar-refractivity contribution in [2.45, 2.75) is 24.9 Å². The van der Waals surface area contributed by atoms with E-state index < -0.39 is 0 Å². The van der Waals surface area contributed by atoms with Crippen molar-refractivity contribution in [2.24, 2.45) is 7.05 Å². The van der Waals surface area contributed by atoms with E-state index in [-0.39, 0.29) is 18.0 Å². The molecule has 4 rings (SSSR count). The number of imidazole rings is 1. The summed E-state index contributed by atoms with van der Waals surface area (Å²) in [5.41, 5.74) is 2.68. The molecule has 7 nitrogen and oxygen atoms in total. The van der Waals surface area contributed by atoms with E-state index in [0.29, 0.717) is 12.2 Å². The Hall–Kier alpha value is -2.96. The molecule has 0 bridgehead atoms. The molecule has 1 aliphatic rings. The van der Waals surface area contributed by atoms with Gasteiger partial charge in [0.25, 0.3) is 0 Å². The normalized spacial score (nSPS) is 20.8. The molecule has 1 aliphatic heterocycles. The van der Waals surface area contributed by atoms with Gasteiger partial charge >= 0.3 is 0 Å². The van der Waals surface area contributed by atoms with Gasteiger partial charge in [-0.2, -0.15) is 0 Å². The second kappa shape index (κ2) is 5.92. The summed E-state index contributed by atoms with van der Waals surface area (Å²) in [5.74, 6) is 0.769. The molecule has 2 aromatic heterocycles. The van der Waals surface area contributed by atoms with E-state index in [1.54, 1.807) is 18.7 Å². The third-order valence-electron chi connectivity index (χ3n) is 4.36. The predicted octanol–water partition coefficient (Wildman–Crippen LogP) is 1.80. The lowest BCUT2D eigenvalue weighted by Crippen LogP contribution is -2.45. The van der Waals surface area contributed by atoms with E-state index in [9.17, 15) is 4.79 Å². The van der Waals surface area contributed by atoms with Crippen LogP contribution >= 0.6 is 0 Å². The summed E-state index contributed by atoms with van der Waals surface area (Å²) in [5, 5.41) is 6.49. The molecule has 0 radical (unpaired) electrons. The summed E-state index contributed by atoms with van der Waals surface area (Å²) in [6, 6.07) is 7.65. The lowest BCUT2D eigenvalue weighted by atomic mass is 9.95. The molecule has 3 heterocycles. The fourth-order valence-electron chi connectivity index (χ4n) is 3.12. The van der Waals surface area contributed by atoms with Gasteiger partial charge in [0.1, 0.15) is 5.82 Å². The molecule has 0 saturated carbocycles. The van der Waals surface area contributed by atoms with Gasteiger partial charge in [-0.1, -0.05) is 12.1 Å². The molecule has 122 valence electrons. The maximum absolute atomic E-state index is 11.9. The summed E-state index contributed by atoms with van der Waals surface area (Å²) in [6.07, 6.45) is 6.49. The highest BCUT2D eigenvalue weighted by atomic mass is 16.1. The van der Waals surface area contributed by atoms with Gasteiger partial charge in [0.15, 0.2) is 0 Å². The zero-order valence-electron chi connectivity index (χ0n) is 13.3. The summed E-state index contributed by atoms with van der Waals surface area (Å²) in [4.78, 5) is 25.1. The second-order valence-corrected chi connectivity index (χ2v) is 6.01. The van der Waals surface area contributed by atoms with Crippen molar-refractivity contribution >= 4 is 22.8 Å². The topological polar surface area (TPSA) is 84.7 Å². The highest BCUT2D eigenvalue weighted by Gasteiger charge is 2.31. The van der Waals surface area contributed by atoms with Crippen LogP contribution in [0.25, 0.3) is 11.0 Å². The van der Waals surface area contributed by atoms with Crippen LogP contribution in [0.2, 0.25) is 0 Å². The number of benzene rings is 1. The van der Waals surface area contributed by atoms with Crippen molar-refractivity contribution in [1.82, 2.24) is 24.8 Å². The van der Waals surface area contributed by atoms with Crippen LogP contribution in [0.5, 0.6) is 0 Å². The van der Waals surface area contributed by atoms with Crippen molar-refractivity contribution in [3.05, 3.63) is 48.7 Å². The third kappa shape index (κ3) is 2.68. The molecule has 1 amide bonds. The molecular weight excluding hydrogens is 304 g/mol. The Balaban J connectivity index is 1.62. The Morgan fingerprint density at radius 1 is 1.25 bits per heavy atom. The van der Waals surface area contributed by atoms with Crippen LogP contribution < -0.4 is 10.6 Å². The zero-order chi connectivity index (χ0) is 16.5. The first kappa shape index (κ1) is 14.6. The summed E-state index contributed by atoms with van der Waals surface area (Å²) < 4.78 is 1.93. The molecule has 0 spiro atoms. The van der Waals surface area contributed by atoms with E-state index in [0.717, 1.165) is 23.1 Å². The number of carbonyl (C=O) groups is 1. The van der Waals surface area contributed by atoms with Gasteiger partial charge in [-0.3, -0.25) is 9.78 Å². The van der Waals surface area contributed by atoms with E-state index in [1.165, 1.54) is 0 Å². The molecule has 0 unspecified atom stereocenters. The molecule has 2 N–H and O–H groups in total. The summed E-state index contributed by atoms with van der Waals surface area (Å²) in [7, 11) is 1.93. The van der Waals surface area contributed by atoms with Crippen molar-refractivity contribution in [2.75, 3.05) is 5.32 Å². The second-order valence-electron chi connectivity index (χ2n) is 6.01. The van der Waals surface area contributed by atoms with Gasteiger partial charge in [0, 0.05) is 13.5 Å². The monoisotopic (exact) mass is 322 g/mol. The number of nitrogens with one attached hydrogen (secondary N) is 2. The minimum Gasteiger partial charge on any atom is -0.364 e. The number of nitrogens with zero attached hydrogens (tertiary/aromatic N) is 4. The van der Waals surface area contributed by atoms with Crippen molar-refractivity contribution < 1.29 is 4.79 Å². The van der Waals surface area contributed by atoms with Gasteiger partial charge in [0.2, 0.25) is 5.91 Å². The number of carbonyl (C=O) groups excluding carboxylic acids is 1. The first-order chi connectivity index (χ1) is 11.7. The van der Waals surface area contributed by atoms with Gasteiger partial charge in [-0.05, 0) is 18.6 Å². The quantitative estimate of drug-likeness (QED) is 0.768. The maximum Gasteiger partial charge on any atom is 0.220 e. The number of piperidine rings is 1. The van der Waals surface area contributed by atoms with Crippen molar-refractivity contribution in [3.8, 4) is 0 Å². The lowest BCUT2D eigenvalue weighted by Gasteiger charge is -2.33. The van der Waals surface area contributed by atoms with Gasteiger partial charge in [-0.25, -0.2) is 9.97 Å². The zero-order valence-corrected chi connectivity index (χ0v) is 13.3. The number of para-hydroxylation sites is 2. The largest absolute Gasteiger partial charge is 0.364 e. The molecule has 24 heavy (non-hydrogen) atoms. The Morgan fingerprint density at radius 2 is 2.08 bits per heavy atom. The number of anilines is 1. The number of rotatable bonds is 3. The van der Waals surface area contributed by atoms with Crippen LogP contribution in [-0.2, 0) is 11.8 Å². The molecular formula is C17H18N6O. The van der Waals surface area contributed by atoms with E-state index in [1.807, 2.05) is 35.9 Å². The van der Waals surface area contributed by atoms with Crippen LogP contribution in [0.3, 0.4) is 0 Å². The molecule has 1 aromatic carbocycles.